The third-order valence-electron chi connectivity index (χ3n) is 7.24. The maximum Gasteiger partial charge on any atom is 0.631 e. The Kier molecular flexibility index (Phi) is 8.20. The highest BCUT2D eigenvalue weighted by molar-refractivity contribution is 6.30. The third kappa shape index (κ3) is 6.15. The Morgan fingerprint density at radius 3 is 0.581 bits per heavy atom. The molecule has 210 valence electrons. The third-order valence-corrected chi connectivity index (χ3v) is 7.24. The number of nitrogens with one attached hydrogen (secondary N) is 3. The van der Waals surface area contributed by atoms with Crippen LogP contribution in [-0.4, -0.2) is 37.3 Å². The first-order valence-corrected chi connectivity index (χ1v) is 14.0. The molecule has 0 amide bonds. The van der Waals surface area contributed by atoms with E-state index in [0.717, 1.165) is 0 Å². The molecule has 0 unspecified atom stereocenters. The Balaban J connectivity index is 0.000000108. The molecular formula is C36H30BN3O3. The molecule has 3 heterocycles. The van der Waals surface area contributed by atoms with Gasteiger partial charge in [0.15, 0.2) is 0 Å². The van der Waals surface area contributed by atoms with Crippen molar-refractivity contribution in [2.75, 3.05) is 0 Å². The SMILES string of the molecule is OB(O)O.c1ccc2c(c1)[nH]c1ccccc12.c1ccc2c(c1)[nH]c1ccccc12.c1ccc2c(c1)[nH]c1ccccc12. The van der Waals surface area contributed by atoms with Crippen LogP contribution in [0.15, 0.2) is 146 Å². The molecule has 3 aromatic heterocycles. The molecule has 6 nitrogen and oxygen atoms in total. The molecule has 0 aliphatic carbocycles. The van der Waals surface area contributed by atoms with Crippen molar-refractivity contribution in [2.24, 2.45) is 0 Å². The number of para-hydroxylation sites is 6. The first kappa shape index (κ1) is 27.8. The number of H-pyrrole nitrogens is 3. The summed E-state index contributed by atoms with van der Waals surface area (Å²) in [6.45, 7) is 0. The van der Waals surface area contributed by atoms with E-state index in [1.165, 1.54) is 65.4 Å². The number of hydrogen-bond donors (Lipinski definition) is 6. The maximum absolute atomic E-state index is 7.17. The molecule has 0 aliphatic heterocycles. The highest BCUT2D eigenvalue weighted by atomic mass is 16.5. The molecule has 0 saturated heterocycles. The summed E-state index contributed by atoms with van der Waals surface area (Å²) in [5, 5.41) is 29.3. The number of aromatic amines is 3. The van der Waals surface area contributed by atoms with E-state index in [0.29, 0.717) is 0 Å². The predicted octanol–water partition coefficient (Wildman–Crippen LogP) is 7.91. The fraction of sp³-hybridized carbons (Fsp3) is 0. The fourth-order valence-corrected chi connectivity index (χ4v) is 5.40. The molecule has 6 N–H and O–H groups in total. The van der Waals surface area contributed by atoms with Gasteiger partial charge in [-0.2, -0.15) is 0 Å². The van der Waals surface area contributed by atoms with Crippen molar-refractivity contribution < 1.29 is 15.1 Å². The minimum absolute atomic E-state index is 1.21. The van der Waals surface area contributed by atoms with Crippen LogP contribution in [-0.2, 0) is 0 Å². The Morgan fingerprint density at radius 1 is 0.279 bits per heavy atom. The van der Waals surface area contributed by atoms with Gasteiger partial charge in [-0.15, -0.1) is 0 Å². The Morgan fingerprint density at radius 2 is 0.419 bits per heavy atom. The summed E-state index contributed by atoms with van der Waals surface area (Å²) >= 11 is 0. The van der Waals surface area contributed by atoms with Crippen molar-refractivity contribution in [2.45, 2.75) is 0 Å². The largest absolute Gasteiger partial charge is 0.631 e. The van der Waals surface area contributed by atoms with E-state index >= 15 is 0 Å². The van der Waals surface area contributed by atoms with Crippen LogP contribution in [0.3, 0.4) is 0 Å². The molecule has 9 aromatic rings. The van der Waals surface area contributed by atoms with Crippen LogP contribution in [0.4, 0.5) is 0 Å². The van der Waals surface area contributed by atoms with Crippen LogP contribution in [0.25, 0.3) is 65.4 Å². The van der Waals surface area contributed by atoms with Gasteiger partial charge >= 0.3 is 7.32 Å². The summed E-state index contributed by atoms with van der Waals surface area (Å²) in [6, 6.07) is 50.3. The van der Waals surface area contributed by atoms with Crippen molar-refractivity contribution in [3.63, 3.8) is 0 Å². The average molecular weight is 563 g/mol. The molecule has 6 aromatic carbocycles. The van der Waals surface area contributed by atoms with E-state index < -0.39 is 7.32 Å². The highest BCUT2D eigenvalue weighted by Gasteiger charge is 2.02. The Bertz CT molecular complexity index is 1860. The molecule has 0 radical (unpaired) electrons. The lowest BCUT2D eigenvalue weighted by molar-refractivity contribution is 0.278. The molecule has 0 fully saturated rings. The summed E-state index contributed by atoms with van der Waals surface area (Å²) in [4.78, 5) is 10.1. The second-order valence-electron chi connectivity index (χ2n) is 9.99. The van der Waals surface area contributed by atoms with Gasteiger partial charge in [0.25, 0.3) is 0 Å². The molecule has 0 atom stereocenters. The minimum atomic E-state index is -2.17. The quantitative estimate of drug-likeness (QED) is 0.106. The molecule has 43 heavy (non-hydrogen) atoms. The topological polar surface area (TPSA) is 108 Å². The van der Waals surface area contributed by atoms with Gasteiger partial charge in [-0.3, -0.25) is 0 Å². The van der Waals surface area contributed by atoms with Gasteiger partial charge in [-0.1, -0.05) is 109 Å². The maximum atomic E-state index is 7.17. The number of benzene rings is 6. The van der Waals surface area contributed by atoms with E-state index in [2.05, 4.69) is 161 Å². The van der Waals surface area contributed by atoms with E-state index in [1.807, 2.05) is 0 Å². The van der Waals surface area contributed by atoms with E-state index in [9.17, 15) is 0 Å². The fourth-order valence-electron chi connectivity index (χ4n) is 5.40. The number of hydrogen-bond acceptors (Lipinski definition) is 3. The normalized spacial score (nSPS) is 10.7. The zero-order valence-corrected chi connectivity index (χ0v) is 23.3. The molecule has 9 rings (SSSR count). The van der Waals surface area contributed by atoms with Gasteiger partial charge in [0.2, 0.25) is 0 Å². The van der Waals surface area contributed by atoms with Crippen LogP contribution in [0.2, 0.25) is 0 Å². The van der Waals surface area contributed by atoms with Crippen molar-refractivity contribution in [3.05, 3.63) is 146 Å². The Labute approximate surface area is 248 Å². The van der Waals surface area contributed by atoms with Gasteiger partial charge in [0.1, 0.15) is 0 Å². The van der Waals surface area contributed by atoms with Crippen molar-refractivity contribution in [1.29, 1.82) is 0 Å². The van der Waals surface area contributed by atoms with Gasteiger partial charge in [-0.05, 0) is 36.4 Å². The number of fused-ring (bicyclic) bond motifs is 9. The van der Waals surface area contributed by atoms with Crippen LogP contribution in [0, 0.1) is 0 Å². The smallest absolute Gasteiger partial charge is 0.402 e. The van der Waals surface area contributed by atoms with E-state index in [4.69, 9.17) is 15.1 Å². The number of aromatic nitrogens is 3. The lowest BCUT2D eigenvalue weighted by Gasteiger charge is -1.87. The van der Waals surface area contributed by atoms with Crippen molar-refractivity contribution in [3.8, 4) is 0 Å². The summed E-state index contributed by atoms with van der Waals surface area (Å²) in [5.74, 6) is 0. The molecule has 0 bridgehead atoms. The first-order chi connectivity index (χ1) is 21.1. The Hall–Kier alpha value is -5.34. The second kappa shape index (κ2) is 12.7. The first-order valence-electron chi connectivity index (χ1n) is 14.0. The average Bonchev–Trinajstić information content (AvgIpc) is 3.73. The summed E-state index contributed by atoms with van der Waals surface area (Å²) in [6.07, 6.45) is 0. The minimum Gasteiger partial charge on any atom is -0.402 e. The van der Waals surface area contributed by atoms with Crippen molar-refractivity contribution >= 4 is 72.7 Å². The van der Waals surface area contributed by atoms with E-state index in [1.54, 1.807) is 0 Å². The second-order valence-corrected chi connectivity index (χ2v) is 9.99. The van der Waals surface area contributed by atoms with Gasteiger partial charge < -0.3 is 30.0 Å². The van der Waals surface area contributed by atoms with E-state index in [-0.39, 0.29) is 0 Å². The monoisotopic (exact) mass is 563 g/mol. The summed E-state index contributed by atoms with van der Waals surface area (Å²) in [7, 11) is -2.17. The lowest BCUT2D eigenvalue weighted by Crippen LogP contribution is -2.07. The molecule has 0 spiro atoms. The zero-order chi connectivity index (χ0) is 29.6. The molecule has 0 saturated carbocycles. The standard InChI is InChI=1S/3C12H9N.BH3O3/c3*1-3-7-11-9(5-1)10-6-2-4-8-12(10)13-11;2-1(3)4/h3*1-8,13H;2-4H. The van der Waals surface area contributed by atoms with Gasteiger partial charge in [0, 0.05) is 65.4 Å². The lowest BCUT2D eigenvalue weighted by atomic mass is 10.2. The highest BCUT2D eigenvalue weighted by Crippen LogP contribution is 2.26. The van der Waals surface area contributed by atoms with Gasteiger partial charge in [0.05, 0.1) is 0 Å². The van der Waals surface area contributed by atoms with Crippen LogP contribution >= 0.6 is 0 Å². The van der Waals surface area contributed by atoms with Gasteiger partial charge in [-0.25, -0.2) is 0 Å². The predicted molar refractivity (Wildman–Crippen MR) is 180 cm³/mol. The summed E-state index contributed by atoms with van der Waals surface area (Å²) in [5.41, 5.74) is 7.27. The molecule has 0 aliphatic rings. The molecule has 7 heteroatoms. The molecular weight excluding hydrogens is 533 g/mol. The van der Waals surface area contributed by atoms with Crippen LogP contribution in [0.5, 0.6) is 0 Å². The van der Waals surface area contributed by atoms with Crippen LogP contribution < -0.4 is 0 Å². The zero-order valence-electron chi connectivity index (χ0n) is 23.3. The van der Waals surface area contributed by atoms with Crippen molar-refractivity contribution in [1.82, 2.24) is 15.0 Å². The number of rotatable bonds is 0. The van der Waals surface area contributed by atoms with Crippen LogP contribution in [0.1, 0.15) is 0 Å². The summed E-state index contributed by atoms with van der Waals surface area (Å²) < 4.78 is 0.